The van der Waals surface area contributed by atoms with Crippen molar-refractivity contribution < 1.29 is 32.9 Å². The first-order valence-corrected chi connectivity index (χ1v) is 30.5. The van der Waals surface area contributed by atoms with Crippen LogP contribution in [0.1, 0.15) is 271 Å². The van der Waals surface area contributed by atoms with E-state index in [9.17, 15) is 19.4 Å². The van der Waals surface area contributed by atoms with Crippen molar-refractivity contribution in [1.82, 2.24) is 5.32 Å². The van der Waals surface area contributed by atoms with Crippen molar-refractivity contribution in [2.24, 2.45) is 0 Å². The molecular weight excluding hydrogens is 864 g/mol. The van der Waals surface area contributed by atoms with Gasteiger partial charge in [0.05, 0.1) is 39.9 Å². The number of quaternary nitrogens is 1. The molecule has 0 fully saturated rings. The zero-order valence-electron chi connectivity index (χ0n) is 45.6. The van der Waals surface area contributed by atoms with Crippen molar-refractivity contribution in [3.8, 4) is 0 Å². The standard InChI is InChI=1S/C59H113N2O6P/c1-6-8-10-12-14-16-18-20-22-24-26-28-29-30-31-33-35-37-39-41-43-45-47-49-51-53-59(63)60-57(56-67-68(64,65)66-55-54-61(3,4)5)58(62)52-50-48-46-44-42-40-38-36-34-32-27-25-23-21-19-17-15-13-11-9-7-2/h30-31,34,36,42,44,50,52,57-58,62H,6-29,32-33,35,37-41,43,45-49,51,53-56H2,1-5H3,(H-,60,63,64,65)/p+1/b31-30-,36-34+,44-42+,52-50+. The van der Waals surface area contributed by atoms with Gasteiger partial charge in [0.15, 0.2) is 0 Å². The number of rotatable bonds is 53. The quantitative estimate of drug-likeness (QED) is 0.0243. The van der Waals surface area contributed by atoms with E-state index in [4.69, 9.17) is 9.05 Å². The molecule has 0 saturated carbocycles. The molecule has 8 nitrogen and oxygen atoms in total. The summed E-state index contributed by atoms with van der Waals surface area (Å²) in [5.41, 5.74) is 0. The van der Waals surface area contributed by atoms with Crippen molar-refractivity contribution in [2.45, 2.75) is 283 Å². The third-order valence-electron chi connectivity index (χ3n) is 13.0. The third kappa shape index (κ3) is 52.3. The van der Waals surface area contributed by atoms with Crippen LogP contribution in [0.5, 0.6) is 0 Å². The second kappa shape index (κ2) is 50.4. The SMILES string of the molecule is CCCCCCCCCCCCC/C=C/CC/C=C/CC/C=C/C(O)C(COP(=O)(O)OCC[N+](C)(C)C)NC(=O)CCCCCCCCCCC/C=C\CCCCCCCCCCCCCC. The molecule has 9 heteroatoms. The fourth-order valence-electron chi connectivity index (χ4n) is 8.42. The predicted molar refractivity (Wildman–Crippen MR) is 295 cm³/mol. The fourth-order valence-corrected chi connectivity index (χ4v) is 9.16. The highest BCUT2D eigenvalue weighted by molar-refractivity contribution is 7.47. The molecule has 0 saturated heterocycles. The van der Waals surface area contributed by atoms with Crippen molar-refractivity contribution in [2.75, 3.05) is 40.9 Å². The summed E-state index contributed by atoms with van der Waals surface area (Å²) in [5.74, 6) is -0.191. The molecule has 0 radical (unpaired) electrons. The minimum Gasteiger partial charge on any atom is -0.387 e. The van der Waals surface area contributed by atoms with E-state index in [1.807, 2.05) is 27.2 Å². The second-order valence-corrected chi connectivity index (χ2v) is 22.4. The molecule has 0 bridgehead atoms. The van der Waals surface area contributed by atoms with Crippen LogP contribution in [0.4, 0.5) is 0 Å². The number of carbonyl (C=O) groups is 1. The summed E-state index contributed by atoms with van der Waals surface area (Å²) in [6.07, 6.45) is 66.5. The topological polar surface area (TPSA) is 105 Å². The Labute approximate surface area is 422 Å². The van der Waals surface area contributed by atoms with Gasteiger partial charge in [0.25, 0.3) is 0 Å². The first-order chi connectivity index (χ1) is 33.0. The van der Waals surface area contributed by atoms with Gasteiger partial charge in [-0.2, -0.15) is 0 Å². The third-order valence-corrected chi connectivity index (χ3v) is 14.0. The van der Waals surface area contributed by atoms with E-state index in [0.29, 0.717) is 17.4 Å². The molecule has 1 amide bonds. The van der Waals surface area contributed by atoms with Gasteiger partial charge in [-0.1, -0.05) is 242 Å². The molecule has 0 heterocycles. The number of phosphoric acid groups is 1. The number of carbonyl (C=O) groups excluding carboxylic acids is 1. The number of likely N-dealkylation sites (N-methyl/N-ethyl adjacent to an activating group) is 1. The van der Waals surface area contributed by atoms with Gasteiger partial charge in [0.2, 0.25) is 5.91 Å². The number of allylic oxidation sites excluding steroid dienone is 7. The maximum atomic E-state index is 13.0. The molecule has 0 aromatic rings. The van der Waals surface area contributed by atoms with Crippen molar-refractivity contribution in [3.63, 3.8) is 0 Å². The first kappa shape index (κ1) is 66.5. The maximum absolute atomic E-state index is 13.0. The number of unbranched alkanes of at least 4 members (excludes halogenated alkanes) is 34. The number of amides is 1. The molecule has 0 rings (SSSR count). The Morgan fingerprint density at radius 3 is 1.18 bits per heavy atom. The van der Waals surface area contributed by atoms with E-state index >= 15 is 0 Å². The molecule has 400 valence electrons. The maximum Gasteiger partial charge on any atom is 0.472 e. The summed E-state index contributed by atoms with van der Waals surface area (Å²) in [7, 11) is 1.55. The highest BCUT2D eigenvalue weighted by atomic mass is 31.2. The number of nitrogens with zero attached hydrogens (tertiary/aromatic N) is 1. The molecule has 3 N–H and O–H groups in total. The van der Waals surface area contributed by atoms with Crippen LogP contribution in [0.15, 0.2) is 48.6 Å². The monoisotopic (exact) mass is 978 g/mol. The van der Waals surface area contributed by atoms with E-state index in [-0.39, 0.29) is 19.1 Å². The Morgan fingerprint density at radius 2 is 0.809 bits per heavy atom. The number of nitrogens with one attached hydrogen (secondary N) is 1. The summed E-state index contributed by atoms with van der Waals surface area (Å²) in [6.45, 7) is 4.81. The van der Waals surface area contributed by atoms with Crippen LogP contribution in [0.3, 0.4) is 0 Å². The smallest absolute Gasteiger partial charge is 0.387 e. The van der Waals surface area contributed by atoms with Crippen LogP contribution in [0.2, 0.25) is 0 Å². The van der Waals surface area contributed by atoms with Crippen LogP contribution >= 0.6 is 7.82 Å². The summed E-state index contributed by atoms with van der Waals surface area (Å²) in [6, 6.07) is -0.872. The van der Waals surface area contributed by atoms with Crippen molar-refractivity contribution in [1.29, 1.82) is 0 Å². The van der Waals surface area contributed by atoms with E-state index < -0.39 is 20.0 Å². The molecular formula is C59H114N2O6P+. The van der Waals surface area contributed by atoms with Gasteiger partial charge in [0.1, 0.15) is 13.2 Å². The van der Waals surface area contributed by atoms with E-state index in [2.05, 4.69) is 55.6 Å². The number of phosphoric ester groups is 1. The molecule has 3 atom stereocenters. The first-order valence-electron chi connectivity index (χ1n) is 29.0. The van der Waals surface area contributed by atoms with Gasteiger partial charge >= 0.3 is 7.82 Å². The van der Waals surface area contributed by atoms with Crippen LogP contribution in [0.25, 0.3) is 0 Å². The molecule has 3 unspecified atom stereocenters. The average Bonchev–Trinajstić information content (AvgIpc) is 3.30. The van der Waals surface area contributed by atoms with Crippen molar-refractivity contribution >= 4 is 13.7 Å². The fraction of sp³-hybridized carbons (Fsp3) is 0.847. The number of aliphatic hydroxyl groups excluding tert-OH is 1. The van der Waals surface area contributed by atoms with Gasteiger partial charge in [0, 0.05) is 6.42 Å². The Hall–Kier alpha value is -1.54. The van der Waals surface area contributed by atoms with Gasteiger partial charge in [-0.15, -0.1) is 0 Å². The minimum atomic E-state index is -4.36. The van der Waals surface area contributed by atoms with Crippen LogP contribution in [-0.2, 0) is 18.4 Å². The van der Waals surface area contributed by atoms with E-state index in [1.54, 1.807) is 6.08 Å². The van der Waals surface area contributed by atoms with Crippen molar-refractivity contribution in [3.05, 3.63) is 48.6 Å². The molecule has 0 aromatic carbocycles. The van der Waals surface area contributed by atoms with E-state index in [0.717, 1.165) is 44.9 Å². The lowest BCUT2D eigenvalue weighted by Crippen LogP contribution is -2.45. The summed E-state index contributed by atoms with van der Waals surface area (Å²) < 4.78 is 23.7. The van der Waals surface area contributed by atoms with Gasteiger partial charge in [-0.05, 0) is 70.6 Å². The van der Waals surface area contributed by atoms with Crippen LogP contribution in [0, 0.1) is 0 Å². The molecule has 0 aliphatic carbocycles. The van der Waals surface area contributed by atoms with Gasteiger partial charge in [-0.3, -0.25) is 13.8 Å². The highest BCUT2D eigenvalue weighted by Gasteiger charge is 2.27. The van der Waals surface area contributed by atoms with Crippen LogP contribution < -0.4 is 5.32 Å². The molecule has 0 aromatic heterocycles. The molecule has 0 aliphatic heterocycles. The largest absolute Gasteiger partial charge is 0.472 e. The predicted octanol–water partition coefficient (Wildman–Crippen LogP) is 17.5. The minimum absolute atomic E-state index is 0.0528. The zero-order chi connectivity index (χ0) is 49.9. The van der Waals surface area contributed by atoms with Gasteiger partial charge < -0.3 is 19.8 Å². The van der Waals surface area contributed by atoms with Gasteiger partial charge in [-0.25, -0.2) is 4.57 Å². The van der Waals surface area contributed by atoms with E-state index in [1.165, 1.54) is 205 Å². The summed E-state index contributed by atoms with van der Waals surface area (Å²) in [5, 5.41) is 13.9. The molecule has 0 aliphatic rings. The Bertz CT molecular complexity index is 1250. The molecule has 0 spiro atoms. The molecule has 68 heavy (non-hydrogen) atoms. The lowest BCUT2D eigenvalue weighted by Gasteiger charge is -2.25. The summed E-state index contributed by atoms with van der Waals surface area (Å²) >= 11 is 0. The number of aliphatic hydroxyl groups is 1. The highest BCUT2D eigenvalue weighted by Crippen LogP contribution is 2.43. The normalized spacial score (nSPS) is 14.3. The lowest BCUT2D eigenvalue weighted by atomic mass is 10.0. The lowest BCUT2D eigenvalue weighted by molar-refractivity contribution is -0.870. The Balaban J connectivity index is 4.27. The average molecular weight is 979 g/mol. The van der Waals surface area contributed by atoms with Crippen LogP contribution in [-0.4, -0.2) is 73.4 Å². The number of hydrogen-bond donors (Lipinski definition) is 3. The Morgan fingerprint density at radius 1 is 0.485 bits per heavy atom. The Kier molecular flexibility index (Phi) is 49.3. The zero-order valence-corrected chi connectivity index (χ0v) is 46.5. The second-order valence-electron chi connectivity index (χ2n) is 21.0. The summed E-state index contributed by atoms with van der Waals surface area (Å²) in [4.78, 5) is 23.3. The number of hydrogen-bond acceptors (Lipinski definition) is 5.